The quantitative estimate of drug-likeness (QED) is 0.601. The summed E-state index contributed by atoms with van der Waals surface area (Å²) in [4.78, 5) is 26.7. The van der Waals surface area contributed by atoms with Crippen molar-refractivity contribution < 1.29 is 19.1 Å². The molecule has 6 heteroatoms. The fourth-order valence-electron chi connectivity index (χ4n) is 3.08. The Bertz CT molecular complexity index is 828. The van der Waals surface area contributed by atoms with Gasteiger partial charge in [-0.05, 0) is 44.0 Å². The summed E-state index contributed by atoms with van der Waals surface area (Å²) in [5, 5.41) is 2.96. The van der Waals surface area contributed by atoms with E-state index in [1.165, 1.54) is 0 Å². The van der Waals surface area contributed by atoms with E-state index in [2.05, 4.69) is 5.32 Å². The molecule has 29 heavy (non-hydrogen) atoms. The van der Waals surface area contributed by atoms with Crippen LogP contribution in [0.25, 0.3) is 0 Å². The summed E-state index contributed by atoms with van der Waals surface area (Å²) in [5.74, 6) is -0.0114. The highest BCUT2D eigenvalue weighted by molar-refractivity contribution is 6.02. The second-order valence-corrected chi connectivity index (χ2v) is 8.10. The number of esters is 1. The molecule has 2 aromatic rings. The van der Waals surface area contributed by atoms with Gasteiger partial charge in [-0.1, -0.05) is 42.5 Å². The second-order valence-electron chi connectivity index (χ2n) is 8.10. The molecule has 0 spiro atoms. The largest absolute Gasteiger partial charge is 0.489 e. The van der Waals surface area contributed by atoms with Crippen molar-refractivity contribution in [2.45, 2.75) is 45.6 Å². The summed E-state index contributed by atoms with van der Waals surface area (Å²) < 4.78 is 11.2. The number of nitrogens with one attached hydrogen (secondary N) is 1. The van der Waals surface area contributed by atoms with Gasteiger partial charge in [0.2, 0.25) is 0 Å². The Labute approximate surface area is 171 Å². The molecule has 1 atom stereocenters. The zero-order valence-electron chi connectivity index (χ0n) is 17.2. The van der Waals surface area contributed by atoms with Crippen LogP contribution >= 0.6 is 0 Å². The van der Waals surface area contributed by atoms with Crippen LogP contribution in [-0.4, -0.2) is 41.5 Å². The van der Waals surface area contributed by atoms with Crippen molar-refractivity contribution in [1.29, 1.82) is 0 Å². The molecule has 3 rings (SSSR count). The molecule has 2 aromatic carbocycles. The molecule has 6 nitrogen and oxygen atoms in total. The van der Waals surface area contributed by atoms with Gasteiger partial charge in [0.15, 0.2) is 6.04 Å². The maximum Gasteiger partial charge on any atom is 0.333 e. The number of piperazine rings is 1. The van der Waals surface area contributed by atoms with Gasteiger partial charge in [0.05, 0.1) is 0 Å². The summed E-state index contributed by atoms with van der Waals surface area (Å²) in [6, 6.07) is 16.7. The van der Waals surface area contributed by atoms with Crippen LogP contribution in [-0.2, 0) is 27.5 Å². The first-order valence-corrected chi connectivity index (χ1v) is 9.82. The number of carbonyl (C=O) groups is 2. The van der Waals surface area contributed by atoms with Gasteiger partial charge in [-0.15, -0.1) is 0 Å². The SMILES string of the molecule is CC(C)(C)OC(=O)[C@@H]1NCCN(Cc2ccc(OCc3ccccc3)cc2)C1=O. The Balaban J connectivity index is 1.56. The van der Waals surface area contributed by atoms with E-state index in [1.807, 2.05) is 54.6 Å². The number of rotatable bonds is 6. The van der Waals surface area contributed by atoms with Crippen molar-refractivity contribution in [2.24, 2.45) is 0 Å². The third kappa shape index (κ3) is 6.06. The molecule has 1 amide bonds. The maximum atomic E-state index is 12.7. The van der Waals surface area contributed by atoms with Gasteiger partial charge >= 0.3 is 5.97 Å². The van der Waals surface area contributed by atoms with E-state index in [9.17, 15) is 9.59 Å². The maximum absolute atomic E-state index is 12.7. The zero-order valence-corrected chi connectivity index (χ0v) is 17.2. The van der Waals surface area contributed by atoms with Gasteiger partial charge in [0.1, 0.15) is 18.0 Å². The first kappa shape index (κ1) is 20.9. The molecule has 1 saturated heterocycles. The fraction of sp³-hybridized carbons (Fsp3) is 0.391. The molecule has 154 valence electrons. The summed E-state index contributed by atoms with van der Waals surface area (Å²) >= 11 is 0. The first-order chi connectivity index (χ1) is 13.8. The monoisotopic (exact) mass is 396 g/mol. The highest BCUT2D eigenvalue weighted by atomic mass is 16.6. The van der Waals surface area contributed by atoms with Crippen molar-refractivity contribution in [3.05, 3.63) is 65.7 Å². The number of ether oxygens (including phenoxy) is 2. The number of hydrogen-bond acceptors (Lipinski definition) is 5. The zero-order chi connectivity index (χ0) is 20.9. The predicted octanol–water partition coefficient (Wildman–Crippen LogP) is 2.91. The highest BCUT2D eigenvalue weighted by Crippen LogP contribution is 2.17. The van der Waals surface area contributed by atoms with Gasteiger partial charge in [0, 0.05) is 19.6 Å². The summed E-state index contributed by atoms with van der Waals surface area (Å²) in [7, 11) is 0. The minimum atomic E-state index is -0.948. The van der Waals surface area contributed by atoms with Crippen molar-refractivity contribution in [3.63, 3.8) is 0 Å². The van der Waals surface area contributed by atoms with E-state index < -0.39 is 17.6 Å². The van der Waals surface area contributed by atoms with Gasteiger partial charge in [-0.3, -0.25) is 10.1 Å². The molecule has 0 unspecified atom stereocenters. The number of benzene rings is 2. The minimum absolute atomic E-state index is 0.255. The Morgan fingerprint density at radius 2 is 1.76 bits per heavy atom. The van der Waals surface area contributed by atoms with Crippen LogP contribution in [0.15, 0.2) is 54.6 Å². The average molecular weight is 396 g/mol. The Hall–Kier alpha value is -2.86. The van der Waals surface area contributed by atoms with E-state index in [4.69, 9.17) is 9.47 Å². The molecule has 0 aromatic heterocycles. The minimum Gasteiger partial charge on any atom is -0.489 e. The molecule has 1 N–H and O–H groups in total. The van der Waals surface area contributed by atoms with Crippen molar-refractivity contribution in [2.75, 3.05) is 13.1 Å². The molecule has 1 aliphatic rings. The van der Waals surface area contributed by atoms with Gasteiger partial charge in [-0.2, -0.15) is 0 Å². The fourth-order valence-corrected chi connectivity index (χ4v) is 3.08. The standard InChI is InChI=1S/C23H28N2O4/c1-23(2,3)29-22(27)20-21(26)25(14-13-24-20)15-17-9-11-19(12-10-17)28-16-18-7-5-4-6-8-18/h4-12,20,24H,13-16H2,1-3H3/t20-/m1/s1. The van der Waals surface area contributed by atoms with Crippen LogP contribution < -0.4 is 10.1 Å². The van der Waals surface area contributed by atoms with Crippen LogP contribution in [0.2, 0.25) is 0 Å². The van der Waals surface area contributed by atoms with Crippen LogP contribution in [0.1, 0.15) is 31.9 Å². The second kappa shape index (κ2) is 9.09. The molecule has 0 aliphatic carbocycles. The van der Waals surface area contributed by atoms with E-state index in [-0.39, 0.29) is 5.91 Å². The Kier molecular flexibility index (Phi) is 6.54. The summed E-state index contributed by atoms with van der Waals surface area (Å²) in [5.41, 5.74) is 1.46. The lowest BCUT2D eigenvalue weighted by Crippen LogP contribution is -2.59. The topological polar surface area (TPSA) is 67.9 Å². The normalized spacial score (nSPS) is 17.1. The van der Waals surface area contributed by atoms with E-state index >= 15 is 0 Å². The number of amides is 1. The summed E-state index contributed by atoms with van der Waals surface area (Å²) in [6.45, 7) is 7.41. The lowest BCUT2D eigenvalue weighted by molar-refractivity contribution is -0.163. The van der Waals surface area contributed by atoms with Gasteiger partial charge < -0.3 is 14.4 Å². The smallest absolute Gasteiger partial charge is 0.333 e. The van der Waals surface area contributed by atoms with Crippen LogP contribution in [0, 0.1) is 0 Å². The van der Waals surface area contributed by atoms with Crippen molar-refractivity contribution in [3.8, 4) is 5.75 Å². The summed E-state index contributed by atoms with van der Waals surface area (Å²) in [6.07, 6.45) is 0. The lowest BCUT2D eigenvalue weighted by Gasteiger charge is -2.33. The first-order valence-electron chi connectivity index (χ1n) is 9.82. The van der Waals surface area contributed by atoms with E-state index in [0.717, 1.165) is 16.9 Å². The Morgan fingerprint density at radius 3 is 2.41 bits per heavy atom. The van der Waals surface area contributed by atoms with E-state index in [0.29, 0.717) is 26.2 Å². The van der Waals surface area contributed by atoms with Crippen LogP contribution in [0.3, 0.4) is 0 Å². The number of carbonyl (C=O) groups excluding carboxylic acids is 2. The number of nitrogens with zero attached hydrogens (tertiary/aromatic N) is 1. The molecule has 0 radical (unpaired) electrons. The average Bonchev–Trinajstić information content (AvgIpc) is 2.68. The lowest BCUT2D eigenvalue weighted by atomic mass is 10.1. The van der Waals surface area contributed by atoms with Gasteiger partial charge in [0.25, 0.3) is 5.91 Å². The third-order valence-electron chi connectivity index (χ3n) is 4.48. The molecule has 1 fully saturated rings. The molecule has 0 saturated carbocycles. The highest BCUT2D eigenvalue weighted by Gasteiger charge is 2.36. The van der Waals surface area contributed by atoms with Gasteiger partial charge in [-0.25, -0.2) is 4.79 Å². The van der Waals surface area contributed by atoms with Crippen LogP contribution in [0.5, 0.6) is 5.75 Å². The van der Waals surface area contributed by atoms with Crippen molar-refractivity contribution >= 4 is 11.9 Å². The molecule has 1 aliphatic heterocycles. The molecule has 1 heterocycles. The van der Waals surface area contributed by atoms with Crippen LogP contribution in [0.4, 0.5) is 0 Å². The molecular weight excluding hydrogens is 368 g/mol. The molecule has 0 bridgehead atoms. The predicted molar refractivity (Wildman–Crippen MR) is 110 cm³/mol. The third-order valence-corrected chi connectivity index (χ3v) is 4.48. The number of hydrogen-bond donors (Lipinski definition) is 1. The molecular formula is C23H28N2O4. The van der Waals surface area contributed by atoms with Crippen molar-refractivity contribution in [1.82, 2.24) is 10.2 Å². The Morgan fingerprint density at radius 1 is 1.07 bits per heavy atom. The van der Waals surface area contributed by atoms with E-state index in [1.54, 1.807) is 25.7 Å².